The van der Waals surface area contributed by atoms with E-state index in [-0.39, 0.29) is 23.5 Å². The second-order valence-corrected chi connectivity index (χ2v) is 13.1. The van der Waals surface area contributed by atoms with E-state index in [9.17, 15) is 4.79 Å². The van der Waals surface area contributed by atoms with Crippen LogP contribution in [-0.4, -0.2) is 71.9 Å². The predicted octanol–water partition coefficient (Wildman–Crippen LogP) is 5.76. The Hall–Kier alpha value is -3.06. The minimum atomic E-state index is -0.328. The number of carbonyl (C=O) groups is 1. The summed E-state index contributed by atoms with van der Waals surface area (Å²) in [6, 6.07) is 19.6. The summed E-state index contributed by atoms with van der Waals surface area (Å²) >= 11 is 0. The van der Waals surface area contributed by atoms with Crippen molar-refractivity contribution in [2.45, 2.75) is 65.0 Å². The summed E-state index contributed by atoms with van der Waals surface area (Å²) in [5.74, 6) is 2.86. The van der Waals surface area contributed by atoms with Crippen LogP contribution in [0.4, 0.5) is 4.79 Å². The molecule has 1 aliphatic carbocycles. The number of nitrogens with one attached hydrogen (secondary N) is 1. The Bertz CT molecular complexity index is 1130. The summed E-state index contributed by atoms with van der Waals surface area (Å²) in [5.41, 5.74) is 8.07. The lowest BCUT2D eigenvalue weighted by Crippen LogP contribution is -2.60. The molecule has 2 aromatic carbocycles. The lowest BCUT2D eigenvalue weighted by atomic mass is 9.82. The van der Waals surface area contributed by atoms with Crippen molar-refractivity contribution < 1.29 is 9.53 Å². The number of carbonyl (C=O) groups excluding carboxylic acids is 1. The van der Waals surface area contributed by atoms with Gasteiger partial charge in [-0.05, 0) is 66.2 Å². The molecule has 2 aliphatic heterocycles. The van der Waals surface area contributed by atoms with E-state index in [0.717, 1.165) is 63.0 Å². The van der Waals surface area contributed by atoms with Gasteiger partial charge in [-0.25, -0.2) is 4.79 Å². The summed E-state index contributed by atoms with van der Waals surface area (Å²) in [5, 5.41) is 9.15. The van der Waals surface area contributed by atoms with Crippen molar-refractivity contribution >= 4 is 11.9 Å². The number of amides is 2. The van der Waals surface area contributed by atoms with Gasteiger partial charge in [0.2, 0.25) is 0 Å². The third kappa shape index (κ3) is 6.98. The first-order chi connectivity index (χ1) is 19.2. The normalized spacial score (nSPS) is 21.7. The number of hydrogen-bond donors (Lipinski definition) is 2. The number of nitrogens with zero attached hydrogens (tertiary/aromatic N) is 3. The van der Waals surface area contributed by atoms with Crippen molar-refractivity contribution in [2.75, 3.05) is 39.3 Å². The van der Waals surface area contributed by atoms with E-state index in [1.165, 1.54) is 24.0 Å². The summed E-state index contributed by atoms with van der Waals surface area (Å²) in [7, 11) is 0. The summed E-state index contributed by atoms with van der Waals surface area (Å²) in [4.78, 5) is 18.2. The molecule has 3 aliphatic rings. The molecule has 2 amide bonds. The average Bonchev–Trinajstić information content (AvgIpc) is 3.78. The third-order valence-corrected chi connectivity index (χ3v) is 9.03. The summed E-state index contributed by atoms with van der Waals surface area (Å²) in [6.07, 6.45) is 5.19. The molecule has 0 spiro atoms. The van der Waals surface area contributed by atoms with Gasteiger partial charge in [0.05, 0.1) is 18.5 Å². The van der Waals surface area contributed by atoms with Gasteiger partial charge >= 0.3 is 6.03 Å². The molecule has 0 aromatic heterocycles. The zero-order valence-corrected chi connectivity index (χ0v) is 24.5. The van der Waals surface area contributed by atoms with E-state index in [1.807, 2.05) is 0 Å². The SMILES string of the molecule is CC(C)(C)[C@H]1CN(C(c2ccccc2)c2ccc(OCC3CC3)cc2)CCN1C(=N)CC1CCN(C(N)=O)CC1. The maximum Gasteiger partial charge on any atom is 0.314 e. The van der Waals surface area contributed by atoms with Crippen molar-refractivity contribution in [3.05, 3.63) is 65.7 Å². The first-order valence-corrected chi connectivity index (χ1v) is 15.1. The lowest BCUT2D eigenvalue weighted by molar-refractivity contribution is 0.0431. The van der Waals surface area contributed by atoms with Gasteiger partial charge in [-0.2, -0.15) is 0 Å². The van der Waals surface area contributed by atoms with Gasteiger partial charge in [-0.3, -0.25) is 10.3 Å². The Morgan fingerprint density at radius 3 is 2.17 bits per heavy atom. The molecule has 3 N–H and O–H groups in total. The van der Waals surface area contributed by atoms with Crippen LogP contribution in [0.25, 0.3) is 0 Å². The molecule has 1 saturated carbocycles. The average molecular weight is 546 g/mol. The molecule has 2 heterocycles. The molecule has 40 heavy (non-hydrogen) atoms. The number of piperazine rings is 1. The highest BCUT2D eigenvalue weighted by atomic mass is 16.5. The number of ether oxygens (including phenoxy) is 1. The molecule has 2 saturated heterocycles. The van der Waals surface area contributed by atoms with Crippen molar-refractivity contribution in [2.24, 2.45) is 23.0 Å². The van der Waals surface area contributed by atoms with Crippen molar-refractivity contribution in [1.29, 1.82) is 5.41 Å². The predicted molar refractivity (Wildman–Crippen MR) is 161 cm³/mol. The second-order valence-electron chi connectivity index (χ2n) is 13.1. The Kier molecular flexibility index (Phi) is 8.69. The number of rotatable bonds is 8. The Morgan fingerprint density at radius 2 is 1.57 bits per heavy atom. The molecule has 7 heteroatoms. The largest absolute Gasteiger partial charge is 0.493 e. The van der Waals surface area contributed by atoms with Crippen LogP contribution in [0.5, 0.6) is 5.75 Å². The molecule has 3 fully saturated rings. The summed E-state index contributed by atoms with van der Waals surface area (Å²) in [6.45, 7) is 11.8. The van der Waals surface area contributed by atoms with E-state index >= 15 is 0 Å². The molecular formula is C33H47N5O2. The Labute approximate surface area is 240 Å². The van der Waals surface area contributed by atoms with Gasteiger partial charge in [0, 0.05) is 45.2 Å². The van der Waals surface area contributed by atoms with Crippen LogP contribution in [0.2, 0.25) is 0 Å². The molecule has 1 unspecified atom stereocenters. The first kappa shape index (κ1) is 28.5. The standard InChI is InChI=1S/C33H47N5O2/c1-33(2,3)29-22-37(19-20-38(29)30(34)21-24-15-17-36(18-16-24)32(35)39)31(26-7-5-4-6-8-26)27-11-13-28(14-12-27)40-23-25-9-10-25/h4-8,11-14,24-25,29,31,34H,9-10,15-23H2,1-3H3,(H2,35,39)/t29-,31?/m1/s1. The van der Waals surface area contributed by atoms with Crippen LogP contribution in [-0.2, 0) is 0 Å². The molecule has 0 bridgehead atoms. The fourth-order valence-corrected chi connectivity index (χ4v) is 6.35. The number of hydrogen-bond acceptors (Lipinski definition) is 4. The quantitative estimate of drug-likeness (QED) is 0.326. The Morgan fingerprint density at radius 1 is 0.925 bits per heavy atom. The van der Waals surface area contributed by atoms with Crippen LogP contribution >= 0.6 is 0 Å². The molecule has 5 rings (SSSR count). The molecule has 7 nitrogen and oxygen atoms in total. The number of benzene rings is 2. The van der Waals surface area contributed by atoms with E-state index in [2.05, 4.69) is 85.2 Å². The van der Waals surface area contributed by atoms with E-state index < -0.39 is 0 Å². The zero-order chi connectivity index (χ0) is 28.3. The number of urea groups is 1. The van der Waals surface area contributed by atoms with Crippen LogP contribution in [0.3, 0.4) is 0 Å². The highest BCUT2D eigenvalue weighted by molar-refractivity contribution is 5.80. The van der Waals surface area contributed by atoms with Crippen molar-refractivity contribution in [1.82, 2.24) is 14.7 Å². The van der Waals surface area contributed by atoms with E-state index in [4.69, 9.17) is 15.9 Å². The number of nitrogens with two attached hydrogens (primary N) is 1. The van der Waals surface area contributed by atoms with Gasteiger partial charge in [-0.15, -0.1) is 0 Å². The number of amidine groups is 1. The van der Waals surface area contributed by atoms with Gasteiger partial charge in [-0.1, -0.05) is 63.2 Å². The lowest BCUT2D eigenvalue weighted by Gasteiger charge is -2.50. The second kappa shape index (κ2) is 12.2. The van der Waals surface area contributed by atoms with Gasteiger partial charge < -0.3 is 20.3 Å². The minimum absolute atomic E-state index is 0.0159. The van der Waals surface area contributed by atoms with Gasteiger partial charge in [0.25, 0.3) is 0 Å². The highest BCUT2D eigenvalue weighted by Gasteiger charge is 2.39. The zero-order valence-electron chi connectivity index (χ0n) is 24.5. The van der Waals surface area contributed by atoms with Crippen LogP contribution in [0, 0.1) is 22.7 Å². The maximum atomic E-state index is 11.5. The highest BCUT2D eigenvalue weighted by Crippen LogP contribution is 2.37. The van der Waals surface area contributed by atoms with E-state index in [1.54, 1.807) is 4.90 Å². The fraction of sp³-hybridized carbons (Fsp3) is 0.576. The van der Waals surface area contributed by atoms with Crippen LogP contribution < -0.4 is 10.5 Å². The maximum absolute atomic E-state index is 11.5. The van der Waals surface area contributed by atoms with Crippen molar-refractivity contribution in [3.8, 4) is 5.75 Å². The van der Waals surface area contributed by atoms with Gasteiger partial charge in [0.15, 0.2) is 0 Å². The molecule has 216 valence electrons. The first-order valence-electron chi connectivity index (χ1n) is 15.1. The number of piperidine rings is 1. The molecule has 0 radical (unpaired) electrons. The van der Waals surface area contributed by atoms with Crippen LogP contribution in [0.15, 0.2) is 54.6 Å². The number of likely N-dealkylation sites (tertiary alicyclic amines) is 1. The number of primary amides is 1. The minimum Gasteiger partial charge on any atom is -0.493 e. The topological polar surface area (TPSA) is 85.9 Å². The van der Waals surface area contributed by atoms with Crippen molar-refractivity contribution in [3.63, 3.8) is 0 Å². The monoisotopic (exact) mass is 545 g/mol. The van der Waals surface area contributed by atoms with Crippen LogP contribution in [0.1, 0.15) is 70.0 Å². The molecular weight excluding hydrogens is 498 g/mol. The molecule has 2 atom stereocenters. The Balaban J connectivity index is 1.31. The smallest absolute Gasteiger partial charge is 0.314 e. The summed E-state index contributed by atoms with van der Waals surface area (Å²) < 4.78 is 6.03. The molecule has 2 aromatic rings. The third-order valence-electron chi connectivity index (χ3n) is 9.03. The fourth-order valence-electron chi connectivity index (χ4n) is 6.35. The van der Waals surface area contributed by atoms with E-state index in [0.29, 0.717) is 19.0 Å². The van der Waals surface area contributed by atoms with Gasteiger partial charge in [0.1, 0.15) is 5.75 Å².